The van der Waals surface area contributed by atoms with Crippen molar-refractivity contribution in [3.63, 3.8) is 0 Å². The molecule has 0 spiro atoms. The molecule has 8 heteroatoms. The zero-order valence-electron chi connectivity index (χ0n) is 13.9. The normalized spacial score (nSPS) is 23.0. The molecule has 1 aliphatic carbocycles. The van der Waals surface area contributed by atoms with Crippen LogP contribution in [0.3, 0.4) is 0 Å². The van der Waals surface area contributed by atoms with Crippen LogP contribution in [0.5, 0.6) is 0 Å². The van der Waals surface area contributed by atoms with Crippen molar-refractivity contribution in [1.29, 1.82) is 0 Å². The first kappa shape index (κ1) is 18.0. The fourth-order valence-electron chi connectivity index (χ4n) is 3.37. The van der Waals surface area contributed by atoms with E-state index in [1.54, 1.807) is 18.5 Å². The van der Waals surface area contributed by atoms with Gasteiger partial charge in [0.2, 0.25) is 0 Å². The average Bonchev–Trinajstić information content (AvgIpc) is 3.09. The van der Waals surface area contributed by atoms with Gasteiger partial charge in [-0.3, -0.25) is 9.59 Å². The standard InChI is InChI=1S/C17H18Cl2N2O4/c1-9(22)24-7-11-3-16(17(4-11)25-10(2)23)21-8-20-14-5-12(18)13(19)6-15(14)21/h5-6,8,11,16-17H,3-4,7H2,1-2H3/t11-,16+,17+/m0/s1. The first-order valence-corrected chi connectivity index (χ1v) is 8.73. The van der Waals surface area contributed by atoms with Gasteiger partial charge in [-0.2, -0.15) is 0 Å². The Hall–Kier alpha value is -1.79. The van der Waals surface area contributed by atoms with Crippen LogP contribution >= 0.6 is 23.2 Å². The van der Waals surface area contributed by atoms with Crippen LogP contribution in [-0.4, -0.2) is 34.2 Å². The second kappa shape index (κ2) is 7.22. The summed E-state index contributed by atoms with van der Waals surface area (Å²) in [5, 5.41) is 0.879. The maximum Gasteiger partial charge on any atom is 0.302 e. The van der Waals surface area contributed by atoms with Gasteiger partial charge < -0.3 is 14.0 Å². The number of carbonyl (C=O) groups is 2. The first-order chi connectivity index (χ1) is 11.8. The summed E-state index contributed by atoms with van der Waals surface area (Å²) in [5.74, 6) is -0.547. The lowest BCUT2D eigenvalue weighted by molar-refractivity contribution is -0.148. The van der Waals surface area contributed by atoms with Gasteiger partial charge in [-0.25, -0.2) is 4.98 Å². The number of fused-ring (bicyclic) bond motifs is 1. The van der Waals surface area contributed by atoms with E-state index in [0.717, 1.165) is 11.0 Å². The van der Waals surface area contributed by atoms with Gasteiger partial charge in [0.05, 0.1) is 40.1 Å². The van der Waals surface area contributed by atoms with E-state index in [4.69, 9.17) is 32.7 Å². The minimum atomic E-state index is -0.339. The highest BCUT2D eigenvalue weighted by Gasteiger charge is 2.38. The molecule has 1 aromatic heterocycles. The zero-order valence-corrected chi connectivity index (χ0v) is 15.4. The molecule has 3 rings (SSSR count). The SMILES string of the molecule is CC(=O)OC[C@H]1C[C@@H](n2cnc3cc(Cl)c(Cl)cc32)[C@H](OC(C)=O)C1. The van der Waals surface area contributed by atoms with Gasteiger partial charge in [0.1, 0.15) is 6.10 Å². The predicted octanol–water partition coefficient (Wildman–Crippen LogP) is 3.79. The third-order valence-electron chi connectivity index (χ3n) is 4.38. The zero-order chi connectivity index (χ0) is 18.1. The molecule has 0 radical (unpaired) electrons. The Labute approximate surface area is 155 Å². The number of esters is 2. The number of ether oxygens (including phenoxy) is 2. The Bertz CT molecular complexity index is 820. The number of imidazole rings is 1. The highest BCUT2D eigenvalue weighted by atomic mass is 35.5. The van der Waals surface area contributed by atoms with Crippen molar-refractivity contribution in [3.8, 4) is 0 Å². The smallest absolute Gasteiger partial charge is 0.302 e. The van der Waals surface area contributed by atoms with Gasteiger partial charge in [0, 0.05) is 13.8 Å². The van der Waals surface area contributed by atoms with E-state index < -0.39 is 0 Å². The van der Waals surface area contributed by atoms with Crippen LogP contribution in [0, 0.1) is 5.92 Å². The average molecular weight is 385 g/mol. The fraction of sp³-hybridized carbons (Fsp3) is 0.471. The molecule has 1 fully saturated rings. The van der Waals surface area contributed by atoms with E-state index in [9.17, 15) is 9.59 Å². The summed E-state index contributed by atoms with van der Waals surface area (Å²) in [7, 11) is 0. The molecule has 25 heavy (non-hydrogen) atoms. The third-order valence-corrected chi connectivity index (χ3v) is 5.11. The number of hydrogen-bond donors (Lipinski definition) is 0. The number of halogens is 2. The molecule has 3 atom stereocenters. The van der Waals surface area contributed by atoms with Gasteiger partial charge in [-0.05, 0) is 30.9 Å². The lowest BCUT2D eigenvalue weighted by Crippen LogP contribution is -2.23. The largest absolute Gasteiger partial charge is 0.466 e. The topological polar surface area (TPSA) is 70.4 Å². The summed E-state index contributed by atoms with van der Waals surface area (Å²) in [6.45, 7) is 3.08. The Kier molecular flexibility index (Phi) is 5.20. The number of hydrogen-bond acceptors (Lipinski definition) is 5. The summed E-state index contributed by atoms with van der Waals surface area (Å²) in [5.41, 5.74) is 1.55. The number of carbonyl (C=O) groups excluding carboxylic acids is 2. The van der Waals surface area contributed by atoms with Crippen LogP contribution in [0.25, 0.3) is 11.0 Å². The molecule has 1 aromatic carbocycles. The van der Waals surface area contributed by atoms with Crippen LogP contribution < -0.4 is 0 Å². The van der Waals surface area contributed by atoms with Crippen molar-refractivity contribution in [3.05, 3.63) is 28.5 Å². The van der Waals surface area contributed by atoms with Crippen molar-refractivity contribution in [2.45, 2.75) is 38.8 Å². The van der Waals surface area contributed by atoms with E-state index >= 15 is 0 Å². The molecular formula is C17H18Cl2N2O4. The van der Waals surface area contributed by atoms with Crippen LogP contribution in [0.1, 0.15) is 32.7 Å². The number of rotatable bonds is 4. The lowest BCUT2D eigenvalue weighted by atomic mass is 10.1. The lowest BCUT2D eigenvalue weighted by Gasteiger charge is -2.21. The minimum absolute atomic E-state index is 0.105. The second-order valence-electron chi connectivity index (χ2n) is 6.26. The van der Waals surface area contributed by atoms with Crippen LogP contribution in [0.2, 0.25) is 10.0 Å². The molecule has 1 saturated carbocycles. The van der Waals surface area contributed by atoms with E-state index in [1.807, 2.05) is 4.57 Å². The molecule has 6 nitrogen and oxygen atoms in total. The van der Waals surface area contributed by atoms with Crippen LogP contribution in [0.15, 0.2) is 18.5 Å². The molecule has 0 bridgehead atoms. The predicted molar refractivity (Wildman–Crippen MR) is 93.7 cm³/mol. The van der Waals surface area contributed by atoms with Gasteiger partial charge >= 0.3 is 11.9 Å². The Balaban J connectivity index is 1.91. The van der Waals surface area contributed by atoms with Crippen molar-refractivity contribution >= 4 is 46.2 Å². The maximum absolute atomic E-state index is 11.5. The maximum atomic E-state index is 11.5. The Morgan fingerprint density at radius 1 is 1.20 bits per heavy atom. The van der Waals surface area contributed by atoms with E-state index in [0.29, 0.717) is 29.5 Å². The summed E-state index contributed by atoms with van der Waals surface area (Å²) in [6.07, 6.45) is 2.72. The molecule has 1 aliphatic rings. The monoisotopic (exact) mass is 384 g/mol. The van der Waals surface area contributed by atoms with Gasteiger partial charge in [-0.1, -0.05) is 23.2 Å². The third kappa shape index (κ3) is 3.90. The van der Waals surface area contributed by atoms with Crippen molar-refractivity contribution in [2.75, 3.05) is 6.61 Å². The minimum Gasteiger partial charge on any atom is -0.466 e. The Morgan fingerprint density at radius 2 is 1.92 bits per heavy atom. The highest BCUT2D eigenvalue weighted by Crippen LogP contribution is 2.39. The van der Waals surface area contributed by atoms with Crippen molar-refractivity contribution in [2.24, 2.45) is 5.92 Å². The van der Waals surface area contributed by atoms with Gasteiger partial charge in [0.25, 0.3) is 0 Å². The molecular weight excluding hydrogens is 367 g/mol. The quantitative estimate of drug-likeness (QED) is 0.749. The first-order valence-electron chi connectivity index (χ1n) is 7.97. The summed E-state index contributed by atoms with van der Waals surface area (Å²) >= 11 is 12.2. The molecule has 0 saturated heterocycles. The van der Waals surface area contributed by atoms with E-state index in [2.05, 4.69) is 4.98 Å². The van der Waals surface area contributed by atoms with E-state index in [-0.39, 0.29) is 30.0 Å². The number of benzene rings is 1. The molecule has 2 aromatic rings. The van der Waals surface area contributed by atoms with Crippen LogP contribution in [-0.2, 0) is 19.1 Å². The molecule has 0 amide bonds. The fourth-order valence-corrected chi connectivity index (χ4v) is 3.68. The molecule has 1 heterocycles. The van der Waals surface area contributed by atoms with Gasteiger partial charge in [0.15, 0.2) is 0 Å². The second-order valence-corrected chi connectivity index (χ2v) is 7.08. The highest BCUT2D eigenvalue weighted by molar-refractivity contribution is 6.42. The molecule has 0 unspecified atom stereocenters. The number of aromatic nitrogens is 2. The Morgan fingerprint density at radius 3 is 2.60 bits per heavy atom. The molecule has 0 N–H and O–H groups in total. The van der Waals surface area contributed by atoms with Crippen LogP contribution in [0.4, 0.5) is 0 Å². The molecule has 0 aliphatic heterocycles. The van der Waals surface area contributed by atoms with Gasteiger partial charge in [-0.15, -0.1) is 0 Å². The molecule has 134 valence electrons. The summed E-state index contributed by atoms with van der Waals surface area (Å²) in [6, 6.07) is 3.37. The van der Waals surface area contributed by atoms with Crippen molar-refractivity contribution in [1.82, 2.24) is 9.55 Å². The van der Waals surface area contributed by atoms with E-state index in [1.165, 1.54) is 13.8 Å². The summed E-state index contributed by atoms with van der Waals surface area (Å²) in [4.78, 5) is 26.9. The van der Waals surface area contributed by atoms with Crippen molar-refractivity contribution < 1.29 is 19.1 Å². The number of nitrogens with zero attached hydrogens (tertiary/aromatic N) is 2. The summed E-state index contributed by atoms with van der Waals surface area (Å²) < 4.78 is 12.6.